The fourth-order valence-corrected chi connectivity index (χ4v) is 2.90. The van der Waals surface area contributed by atoms with Gasteiger partial charge in [-0.3, -0.25) is 4.79 Å². The molecule has 2 aliphatic rings. The monoisotopic (exact) mass is 270 g/mol. The summed E-state index contributed by atoms with van der Waals surface area (Å²) in [7, 11) is 0. The van der Waals surface area contributed by atoms with Gasteiger partial charge in [-0.15, -0.1) is 0 Å². The van der Waals surface area contributed by atoms with Crippen LogP contribution < -0.4 is 5.73 Å². The predicted molar refractivity (Wildman–Crippen MR) is 68.5 cm³/mol. The maximum absolute atomic E-state index is 12.4. The van der Waals surface area contributed by atoms with Crippen LogP contribution >= 0.6 is 0 Å². The van der Waals surface area contributed by atoms with Crippen molar-refractivity contribution in [2.45, 2.75) is 31.8 Å². The number of morpholine rings is 1. The van der Waals surface area contributed by atoms with E-state index in [4.69, 9.17) is 15.6 Å². The molecule has 1 aliphatic carbocycles. The predicted octanol–water partition coefficient (Wildman–Crippen LogP) is 0.0635. The van der Waals surface area contributed by atoms with E-state index in [1.165, 1.54) is 0 Å². The van der Waals surface area contributed by atoms with Crippen LogP contribution in [0, 0.1) is 11.8 Å². The molecule has 1 atom stereocenters. The molecule has 1 amide bonds. The highest BCUT2D eigenvalue weighted by atomic mass is 16.5. The first kappa shape index (κ1) is 14.3. The number of hydrogen-bond donors (Lipinski definition) is 2. The lowest BCUT2D eigenvalue weighted by Crippen LogP contribution is -2.50. The molecule has 0 bridgehead atoms. The second-order valence-electron chi connectivity index (χ2n) is 5.44. The van der Waals surface area contributed by atoms with Crippen molar-refractivity contribution in [3.05, 3.63) is 0 Å². The summed E-state index contributed by atoms with van der Waals surface area (Å²) >= 11 is 0. The standard InChI is InChI=1S/C13H22N2O4/c14-7-9-1-3-10(4-2-9)12(16)15-5-6-19-11(8-15)13(17)18/h9-11H,1-8,14H2,(H,17,18). The van der Waals surface area contributed by atoms with Crippen LogP contribution in [-0.4, -0.2) is 54.2 Å². The molecule has 1 unspecified atom stereocenters. The highest BCUT2D eigenvalue weighted by molar-refractivity contribution is 5.80. The second kappa shape index (κ2) is 6.34. The molecule has 0 radical (unpaired) electrons. The number of aliphatic carboxylic acids is 1. The van der Waals surface area contributed by atoms with Crippen LogP contribution in [0.2, 0.25) is 0 Å². The van der Waals surface area contributed by atoms with Crippen molar-refractivity contribution in [1.82, 2.24) is 4.90 Å². The van der Waals surface area contributed by atoms with Crippen molar-refractivity contribution in [2.24, 2.45) is 17.6 Å². The average Bonchev–Trinajstić information content (AvgIpc) is 2.46. The molecule has 2 fully saturated rings. The van der Waals surface area contributed by atoms with Gasteiger partial charge in [-0.1, -0.05) is 0 Å². The Morgan fingerprint density at radius 1 is 1.26 bits per heavy atom. The highest BCUT2D eigenvalue weighted by Crippen LogP contribution is 2.29. The van der Waals surface area contributed by atoms with Gasteiger partial charge in [0.2, 0.25) is 5.91 Å². The van der Waals surface area contributed by atoms with E-state index < -0.39 is 12.1 Å². The van der Waals surface area contributed by atoms with Crippen LogP contribution in [0.3, 0.4) is 0 Å². The maximum Gasteiger partial charge on any atom is 0.334 e. The number of carbonyl (C=O) groups excluding carboxylic acids is 1. The molecule has 6 heteroatoms. The van der Waals surface area contributed by atoms with Crippen LogP contribution in [0.5, 0.6) is 0 Å². The van der Waals surface area contributed by atoms with E-state index in [0.717, 1.165) is 25.7 Å². The van der Waals surface area contributed by atoms with Gasteiger partial charge in [-0.2, -0.15) is 0 Å². The quantitative estimate of drug-likeness (QED) is 0.756. The van der Waals surface area contributed by atoms with Gasteiger partial charge >= 0.3 is 5.97 Å². The normalized spacial score (nSPS) is 32.1. The van der Waals surface area contributed by atoms with E-state index in [-0.39, 0.29) is 18.4 Å². The first-order valence-electron chi connectivity index (χ1n) is 6.95. The van der Waals surface area contributed by atoms with Crippen LogP contribution in [0.15, 0.2) is 0 Å². The van der Waals surface area contributed by atoms with Crippen molar-refractivity contribution >= 4 is 11.9 Å². The molecule has 6 nitrogen and oxygen atoms in total. The second-order valence-corrected chi connectivity index (χ2v) is 5.44. The number of carboxylic acids is 1. The molecular formula is C13H22N2O4. The molecular weight excluding hydrogens is 248 g/mol. The minimum Gasteiger partial charge on any atom is -0.479 e. The van der Waals surface area contributed by atoms with Gasteiger partial charge in [0.1, 0.15) is 0 Å². The summed E-state index contributed by atoms with van der Waals surface area (Å²) in [5.74, 6) is -0.329. The zero-order valence-corrected chi connectivity index (χ0v) is 11.1. The molecule has 108 valence electrons. The zero-order chi connectivity index (χ0) is 13.8. The van der Waals surface area contributed by atoms with E-state index in [0.29, 0.717) is 25.6 Å². The summed E-state index contributed by atoms with van der Waals surface area (Å²) in [4.78, 5) is 24.9. The van der Waals surface area contributed by atoms with Crippen molar-refractivity contribution < 1.29 is 19.4 Å². The van der Waals surface area contributed by atoms with Gasteiger partial charge < -0.3 is 20.5 Å². The average molecular weight is 270 g/mol. The molecule has 1 aliphatic heterocycles. The molecule has 1 saturated carbocycles. The SMILES string of the molecule is NCC1CCC(C(=O)N2CCOC(C(=O)O)C2)CC1. The van der Waals surface area contributed by atoms with Crippen molar-refractivity contribution in [3.63, 3.8) is 0 Å². The highest BCUT2D eigenvalue weighted by Gasteiger charge is 2.33. The van der Waals surface area contributed by atoms with Crippen LogP contribution in [0.4, 0.5) is 0 Å². The third-order valence-corrected chi connectivity index (χ3v) is 4.18. The lowest BCUT2D eigenvalue weighted by Gasteiger charge is -2.35. The summed E-state index contributed by atoms with van der Waals surface area (Å²) < 4.78 is 5.13. The lowest BCUT2D eigenvalue weighted by molar-refractivity contribution is -0.161. The van der Waals surface area contributed by atoms with Gasteiger partial charge in [-0.05, 0) is 38.1 Å². The Morgan fingerprint density at radius 3 is 2.53 bits per heavy atom. The molecule has 0 aromatic heterocycles. The smallest absolute Gasteiger partial charge is 0.334 e. The van der Waals surface area contributed by atoms with Crippen LogP contribution in [-0.2, 0) is 14.3 Å². The van der Waals surface area contributed by atoms with Crippen molar-refractivity contribution in [3.8, 4) is 0 Å². The van der Waals surface area contributed by atoms with E-state index in [2.05, 4.69) is 0 Å². The van der Waals surface area contributed by atoms with Gasteiger partial charge in [0.15, 0.2) is 6.10 Å². The summed E-state index contributed by atoms with van der Waals surface area (Å²) in [5, 5.41) is 8.94. The molecule has 0 aromatic rings. The molecule has 1 heterocycles. The molecule has 2 rings (SSSR count). The van der Waals surface area contributed by atoms with Crippen LogP contribution in [0.1, 0.15) is 25.7 Å². The third kappa shape index (κ3) is 3.45. The Labute approximate surface area is 112 Å². The first-order chi connectivity index (χ1) is 9.11. The summed E-state index contributed by atoms with van der Waals surface area (Å²) in [6.07, 6.45) is 2.86. The Kier molecular flexibility index (Phi) is 4.76. The molecule has 1 saturated heterocycles. The molecule has 0 aromatic carbocycles. The van der Waals surface area contributed by atoms with E-state index in [1.54, 1.807) is 4.90 Å². The Bertz CT molecular complexity index is 340. The van der Waals surface area contributed by atoms with Gasteiger partial charge in [0.05, 0.1) is 13.2 Å². The van der Waals surface area contributed by atoms with E-state index in [9.17, 15) is 9.59 Å². The van der Waals surface area contributed by atoms with Gasteiger partial charge in [-0.25, -0.2) is 4.79 Å². The number of carbonyl (C=O) groups is 2. The Hall–Kier alpha value is -1.14. The minimum atomic E-state index is -0.996. The van der Waals surface area contributed by atoms with E-state index in [1.807, 2.05) is 0 Å². The summed E-state index contributed by atoms with van der Waals surface area (Å²) in [6, 6.07) is 0. The number of hydrogen-bond acceptors (Lipinski definition) is 4. The van der Waals surface area contributed by atoms with Crippen molar-refractivity contribution in [2.75, 3.05) is 26.2 Å². The van der Waals surface area contributed by atoms with Gasteiger partial charge in [0.25, 0.3) is 0 Å². The van der Waals surface area contributed by atoms with E-state index >= 15 is 0 Å². The molecule has 3 N–H and O–H groups in total. The zero-order valence-electron chi connectivity index (χ0n) is 11.1. The Balaban J connectivity index is 1.87. The van der Waals surface area contributed by atoms with Gasteiger partial charge in [0, 0.05) is 12.5 Å². The first-order valence-corrected chi connectivity index (χ1v) is 6.95. The maximum atomic E-state index is 12.4. The van der Waals surface area contributed by atoms with Crippen molar-refractivity contribution in [1.29, 1.82) is 0 Å². The largest absolute Gasteiger partial charge is 0.479 e. The number of rotatable bonds is 3. The molecule has 0 spiro atoms. The number of carboxylic acid groups (broad SMARTS) is 1. The number of ether oxygens (including phenoxy) is 1. The number of amides is 1. The Morgan fingerprint density at radius 2 is 1.95 bits per heavy atom. The lowest BCUT2D eigenvalue weighted by atomic mass is 9.81. The topological polar surface area (TPSA) is 92.9 Å². The van der Waals surface area contributed by atoms with Crippen LogP contribution in [0.25, 0.3) is 0 Å². The fourth-order valence-electron chi connectivity index (χ4n) is 2.90. The summed E-state index contributed by atoms with van der Waals surface area (Å²) in [6.45, 7) is 1.67. The number of nitrogens with two attached hydrogens (primary N) is 1. The molecule has 19 heavy (non-hydrogen) atoms. The fraction of sp³-hybridized carbons (Fsp3) is 0.846. The minimum absolute atomic E-state index is 0.0374. The summed E-state index contributed by atoms with van der Waals surface area (Å²) in [5.41, 5.74) is 5.64. The number of nitrogens with zero attached hydrogens (tertiary/aromatic N) is 1. The third-order valence-electron chi connectivity index (χ3n) is 4.18.